The van der Waals surface area contributed by atoms with Crippen LogP contribution in [-0.2, 0) is 6.54 Å². The van der Waals surface area contributed by atoms with Gasteiger partial charge < -0.3 is 9.30 Å². The van der Waals surface area contributed by atoms with Crippen LogP contribution in [0.3, 0.4) is 0 Å². The second-order valence-electron chi connectivity index (χ2n) is 5.65. The van der Waals surface area contributed by atoms with Crippen LogP contribution in [0, 0.1) is 13.8 Å². The standard InChI is InChI=1S/C19H20N2O2/c1-14-7-5-8-15(2)19(14)23-12-6-11-21-17-10-4-3-9-16(17)20-18(21)13-22/h3-5,7-10,13H,6,11-12H2,1-2H3. The number of aldehydes is 1. The molecule has 0 amide bonds. The van der Waals surface area contributed by atoms with Gasteiger partial charge in [0.15, 0.2) is 12.1 Å². The molecule has 0 unspecified atom stereocenters. The number of carbonyl (C=O) groups excluding carboxylic acids is 1. The van der Waals surface area contributed by atoms with Gasteiger partial charge in [-0.05, 0) is 43.5 Å². The summed E-state index contributed by atoms with van der Waals surface area (Å²) in [6.07, 6.45) is 1.63. The second kappa shape index (κ2) is 6.65. The predicted octanol–water partition coefficient (Wildman–Crippen LogP) is 3.93. The van der Waals surface area contributed by atoms with Gasteiger partial charge >= 0.3 is 0 Å². The molecule has 3 rings (SSSR count). The first-order valence-electron chi connectivity index (χ1n) is 7.80. The molecule has 2 aromatic carbocycles. The summed E-state index contributed by atoms with van der Waals surface area (Å²) in [5.41, 5.74) is 4.13. The fourth-order valence-corrected chi connectivity index (χ4v) is 2.84. The normalized spacial score (nSPS) is 10.9. The van der Waals surface area contributed by atoms with Crippen LogP contribution >= 0.6 is 0 Å². The van der Waals surface area contributed by atoms with Crippen molar-refractivity contribution in [3.8, 4) is 5.75 Å². The summed E-state index contributed by atoms with van der Waals surface area (Å²) >= 11 is 0. The van der Waals surface area contributed by atoms with E-state index in [-0.39, 0.29) is 0 Å². The van der Waals surface area contributed by atoms with Crippen molar-refractivity contribution < 1.29 is 9.53 Å². The van der Waals surface area contributed by atoms with Gasteiger partial charge in [0.25, 0.3) is 0 Å². The average molecular weight is 308 g/mol. The number of hydrogen-bond donors (Lipinski definition) is 0. The van der Waals surface area contributed by atoms with Crippen molar-refractivity contribution in [2.45, 2.75) is 26.8 Å². The average Bonchev–Trinajstić information content (AvgIpc) is 2.91. The van der Waals surface area contributed by atoms with Crippen molar-refractivity contribution in [2.24, 2.45) is 0 Å². The van der Waals surface area contributed by atoms with E-state index in [9.17, 15) is 4.79 Å². The highest BCUT2D eigenvalue weighted by Crippen LogP contribution is 2.22. The van der Waals surface area contributed by atoms with Crippen LogP contribution in [0.4, 0.5) is 0 Å². The van der Waals surface area contributed by atoms with Gasteiger partial charge in [0.05, 0.1) is 17.6 Å². The third-order valence-electron chi connectivity index (χ3n) is 3.97. The van der Waals surface area contributed by atoms with Crippen molar-refractivity contribution in [3.05, 3.63) is 59.4 Å². The number of carbonyl (C=O) groups is 1. The van der Waals surface area contributed by atoms with Crippen molar-refractivity contribution in [3.63, 3.8) is 0 Å². The summed E-state index contributed by atoms with van der Waals surface area (Å²) in [5, 5.41) is 0. The van der Waals surface area contributed by atoms with Crippen LogP contribution < -0.4 is 4.74 Å². The van der Waals surface area contributed by atoms with E-state index in [4.69, 9.17) is 4.74 Å². The number of aromatic nitrogens is 2. The molecule has 0 fully saturated rings. The SMILES string of the molecule is Cc1cccc(C)c1OCCCn1c(C=O)nc2ccccc21. The van der Waals surface area contributed by atoms with E-state index in [0.29, 0.717) is 19.0 Å². The molecule has 0 atom stereocenters. The summed E-state index contributed by atoms with van der Waals surface area (Å²) in [5.74, 6) is 1.43. The zero-order valence-electron chi connectivity index (χ0n) is 13.5. The Morgan fingerprint density at radius 2 is 1.83 bits per heavy atom. The molecular formula is C19H20N2O2. The number of benzene rings is 2. The minimum absolute atomic E-state index is 0.471. The molecule has 1 aromatic heterocycles. The topological polar surface area (TPSA) is 44.1 Å². The molecule has 0 saturated heterocycles. The molecule has 4 nitrogen and oxygen atoms in total. The summed E-state index contributed by atoms with van der Waals surface area (Å²) in [6.45, 7) is 5.42. The molecular weight excluding hydrogens is 288 g/mol. The van der Waals surface area contributed by atoms with E-state index in [0.717, 1.165) is 40.6 Å². The largest absolute Gasteiger partial charge is 0.493 e. The molecule has 0 N–H and O–H groups in total. The maximum Gasteiger partial charge on any atom is 0.185 e. The van der Waals surface area contributed by atoms with Gasteiger partial charge in [-0.25, -0.2) is 4.98 Å². The van der Waals surface area contributed by atoms with E-state index >= 15 is 0 Å². The molecule has 4 heteroatoms. The Balaban J connectivity index is 1.68. The fourth-order valence-electron chi connectivity index (χ4n) is 2.84. The summed E-state index contributed by atoms with van der Waals surface area (Å²) in [6, 6.07) is 13.9. The lowest BCUT2D eigenvalue weighted by atomic mass is 10.1. The van der Waals surface area contributed by atoms with Crippen LogP contribution in [0.15, 0.2) is 42.5 Å². The van der Waals surface area contributed by atoms with Crippen molar-refractivity contribution in [1.82, 2.24) is 9.55 Å². The third kappa shape index (κ3) is 3.11. The van der Waals surface area contributed by atoms with Gasteiger partial charge in [-0.2, -0.15) is 0 Å². The highest BCUT2D eigenvalue weighted by Gasteiger charge is 2.09. The van der Waals surface area contributed by atoms with Crippen LogP contribution in [0.2, 0.25) is 0 Å². The summed E-state index contributed by atoms with van der Waals surface area (Å²) in [7, 11) is 0. The molecule has 0 spiro atoms. The number of para-hydroxylation sites is 3. The predicted molar refractivity (Wildman–Crippen MR) is 91.1 cm³/mol. The molecule has 3 aromatic rings. The third-order valence-corrected chi connectivity index (χ3v) is 3.97. The van der Waals surface area contributed by atoms with E-state index < -0.39 is 0 Å². The smallest absolute Gasteiger partial charge is 0.185 e. The minimum atomic E-state index is 0.471. The maximum absolute atomic E-state index is 11.2. The van der Waals surface area contributed by atoms with Crippen LogP contribution in [0.5, 0.6) is 5.75 Å². The first-order chi connectivity index (χ1) is 11.2. The zero-order valence-corrected chi connectivity index (χ0v) is 13.5. The van der Waals surface area contributed by atoms with E-state index in [1.165, 1.54) is 0 Å². The van der Waals surface area contributed by atoms with Crippen molar-refractivity contribution >= 4 is 17.3 Å². The molecule has 23 heavy (non-hydrogen) atoms. The van der Waals surface area contributed by atoms with Crippen molar-refractivity contribution in [1.29, 1.82) is 0 Å². The monoisotopic (exact) mass is 308 g/mol. The maximum atomic E-state index is 11.2. The first-order valence-corrected chi connectivity index (χ1v) is 7.80. The Labute approximate surface area is 135 Å². The Hall–Kier alpha value is -2.62. The lowest BCUT2D eigenvalue weighted by molar-refractivity contribution is 0.111. The van der Waals surface area contributed by atoms with E-state index in [2.05, 4.69) is 31.0 Å². The van der Waals surface area contributed by atoms with Gasteiger partial charge in [0, 0.05) is 6.54 Å². The number of ether oxygens (including phenoxy) is 1. The fraction of sp³-hybridized carbons (Fsp3) is 0.263. The van der Waals surface area contributed by atoms with Crippen LogP contribution in [0.25, 0.3) is 11.0 Å². The minimum Gasteiger partial charge on any atom is -0.493 e. The van der Waals surface area contributed by atoms with Gasteiger partial charge in [0.1, 0.15) is 5.75 Å². The number of aryl methyl sites for hydroxylation is 3. The zero-order chi connectivity index (χ0) is 16.2. The Morgan fingerprint density at radius 3 is 2.57 bits per heavy atom. The molecule has 0 saturated carbocycles. The van der Waals surface area contributed by atoms with Gasteiger partial charge in [-0.1, -0.05) is 30.3 Å². The molecule has 1 heterocycles. The quantitative estimate of drug-likeness (QED) is 0.512. The van der Waals surface area contributed by atoms with Gasteiger partial charge in [0.2, 0.25) is 0 Å². The Kier molecular flexibility index (Phi) is 4.42. The van der Waals surface area contributed by atoms with Crippen LogP contribution in [-0.4, -0.2) is 22.4 Å². The number of fused-ring (bicyclic) bond motifs is 1. The number of hydrogen-bond acceptors (Lipinski definition) is 3. The molecule has 0 radical (unpaired) electrons. The first kappa shape index (κ1) is 15.3. The second-order valence-corrected chi connectivity index (χ2v) is 5.65. The van der Waals surface area contributed by atoms with E-state index in [1.54, 1.807) is 0 Å². The van der Waals surface area contributed by atoms with Gasteiger partial charge in [-0.3, -0.25) is 4.79 Å². The Morgan fingerprint density at radius 1 is 1.09 bits per heavy atom. The number of nitrogens with zero attached hydrogens (tertiary/aromatic N) is 2. The van der Waals surface area contributed by atoms with Crippen LogP contribution in [0.1, 0.15) is 28.2 Å². The molecule has 0 aliphatic heterocycles. The number of imidazole rings is 1. The van der Waals surface area contributed by atoms with Gasteiger partial charge in [-0.15, -0.1) is 0 Å². The lowest BCUT2D eigenvalue weighted by Gasteiger charge is -2.12. The summed E-state index contributed by atoms with van der Waals surface area (Å²) in [4.78, 5) is 15.6. The Bertz CT molecular complexity index is 816. The summed E-state index contributed by atoms with van der Waals surface area (Å²) < 4.78 is 7.88. The van der Waals surface area contributed by atoms with E-state index in [1.807, 2.05) is 34.9 Å². The highest BCUT2D eigenvalue weighted by atomic mass is 16.5. The lowest BCUT2D eigenvalue weighted by Crippen LogP contribution is -2.08. The molecule has 118 valence electrons. The molecule has 0 aliphatic carbocycles. The number of rotatable bonds is 6. The van der Waals surface area contributed by atoms with Crippen molar-refractivity contribution in [2.75, 3.05) is 6.61 Å². The molecule has 0 aliphatic rings. The molecule has 0 bridgehead atoms. The highest BCUT2D eigenvalue weighted by molar-refractivity contribution is 5.82.